The minimum absolute atomic E-state index is 0.272. The zero-order chi connectivity index (χ0) is 12.3. The number of carbonyl (C=O) groups excluding carboxylic acids is 1. The maximum atomic E-state index is 11.2. The van der Waals surface area contributed by atoms with Gasteiger partial charge in [-0.2, -0.15) is 0 Å². The van der Waals surface area contributed by atoms with Gasteiger partial charge in [0.15, 0.2) is 11.5 Å². The van der Waals surface area contributed by atoms with Crippen LogP contribution in [0.5, 0.6) is 11.5 Å². The maximum absolute atomic E-state index is 11.2. The Labute approximate surface area is 99.3 Å². The fraction of sp³-hybridized carbons (Fsp3) is 0.364. The van der Waals surface area contributed by atoms with Gasteiger partial charge in [-0.25, -0.2) is 10.6 Å². The number of nitrogens with two attached hydrogens (primary N) is 1. The second-order valence-electron chi connectivity index (χ2n) is 3.81. The molecule has 2 amide bonds. The van der Waals surface area contributed by atoms with Crippen molar-refractivity contribution in [2.24, 2.45) is 5.84 Å². The minimum Gasteiger partial charge on any atom is -0.454 e. The molecule has 0 spiro atoms. The third-order valence-corrected chi connectivity index (χ3v) is 2.64. The molecular formula is C11H15N3O3. The van der Waals surface area contributed by atoms with E-state index in [1.807, 2.05) is 18.2 Å². The molecule has 92 valence electrons. The van der Waals surface area contributed by atoms with Gasteiger partial charge in [0, 0.05) is 13.6 Å². The first-order chi connectivity index (χ1) is 8.20. The van der Waals surface area contributed by atoms with Crippen molar-refractivity contribution in [1.82, 2.24) is 10.3 Å². The Morgan fingerprint density at radius 1 is 1.47 bits per heavy atom. The summed E-state index contributed by atoms with van der Waals surface area (Å²) in [6.07, 6.45) is 0.737. The average molecular weight is 237 g/mol. The number of hydrazine groups is 1. The Kier molecular flexibility index (Phi) is 3.34. The first-order valence-electron chi connectivity index (χ1n) is 5.31. The third-order valence-electron chi connectivity index (χ3n) is 2.64. The Balaban J connectivity index is 1.93. The highest BCUT2D eigenvalue weighted by molar-refractivity contribution is 5.73. The van der Waals surface area contributed by atoms with Gasteiger partial charge in [-0.05, 0) is 24.1 Å². The van der Waals surface area contributed by atoms with Crippen LogP contribution in [-0.2, 0) is 6.42 Å². The number of nitrogens with one attached hydrogen (secondary N) is 1. The zero-order valence-corrected chi connectivity index (χ0v) is 9.60. The summed E-state index contributed by atoms with van der Waals surface area (Å²) in [5.74, 6) is 6.56. The molecule has 0 atom stereocenters. The van der Waals surface area contributed by atoms with Crippen molar-refractivity contribution in [1.29, 1.82) is 0 Å². The van der Waals surface area contributed by atoms with E-state index in [4.69, 9.17) is 15.3 Å². The number of benzene rings is 1. The second kappa shape index (κ2) is 4.92. The zero-order valence-electron chi connectivity index (χ0n) is 9.60. The van der Waals surface area contributed by atoms with Crippen molar-refractivity contribution in [3.05, 3.63) is 23.8 Å². The van der Waals surface area contributed by atoms with E-state index >= 15 is 0 Å². The van der Waals surface area contributed by atoms with Crippen LogP contribution >= 0.6 is 0 Å². The molecule has 1 aromatic carbocycles. The molecule has 3 N–H and O–H groups in total. The molecule has 0 radical (unpaired) electrons. The van der Waals surface area contributed by atoms with Gasteiger partial charge < -0.3 is 14.4 Å². The smallest absolute Gasteiger partial charge is 0.331 e. The highest BCUT2D eigenvalue weighted by Crippen LogP contribution is 2.32. The lowest BCUT2D eigenvalue weighted by Crippen LogP contribution is -2.41. The maximum Gasteiger partial charge on any atom is 0.331 e. The van der Waals surface area contributed by atoms with Crippen molar-refractivity contribution in [2.45, 2.75) is 6.42 Å². The fourth-order valence-corrected chi connectivity index (χ4v) is 1.60. The average Bonchev–Trinajstić information content (AvgIpc) is 2.82. The number of hydrogen-bond acceptors (Lipinski definition) is 4. The topological polar surface area (TPSA) is 76.8 Å². The van der Waals surface area contributed by atoms with Crippen LogP contribution in [-0.4, -0.2) is 31.3 Å². The van der Waals surface area contributed by atoms with Gasteiger partial charge in [0.25, 0.3) is 0 Å². The molecule has 0 saturated heterocycles. The van der Waals surface area contributed by atoms with Crippen LogP contribution in [0.1, 0.15) is 5.56 Å². The molecule has 0 unspecified atom stereocenters. The number of ether oxygens (including phenoxy) is 2. The summed E-state index contributed by atoms with van der Waals surface area (Å²) in [5, 5.41) is 0. The van der Waals surface area contributed by atoms with Gasteiger partial charge in [0.1, 0.15) is 0 Å². The number of hydrogen-bond donors (Lipinski definition) is 2. The van der Waals surface area contributed by atoms with E-state index < -0.39 is 0 Å². The normalized spacial score (nSPS) is 12.4. The molecule has 0 bridgehead atoms. The number of rotatable bonds is 3. The molecule has 1 heterocycles. The highest BCUT2D eigenvalue weighted by atomic mass is 16.7. The van der Waals surface area contributed by atoms with E-state index in [9.17, 15) is 4.79 Å². The van der Waals surface area contributed by atoms with Crippen LogP contribution in [0.2, 0.25) is 0 Å². The van der Waals surface area contributed by atoms with E-state index in [0.717, 1.165) is 23.5 Å². The molecular weight excluding hydrogens is 222 g/mol. The van der Waals surface area contributed by atoms with Gasteiger partial charge >= 0.3 is 6.03 Å². The molecule has 1 aromatic rings. The van der Waals surface area contributed by atoms with Crippen LogP contribution in [0.4, 0.5) is 4.79 Å². The minimum atomic E-state index is -0.300. The van der Waals surface area contributed by atoms with E-state index in [2.05, 4.69) is 5.43 Å². The summed E-state index contributed by atoms with van der Waals surface area (Å²) >= 11 is 0. The molecule has 1 aliphatic rings. The predicted octanol–water partition coefficient (Wildman–Crippen LogP) is 0.473. The van der Waals surface area contributed by atoms with E-state index in [1.54, 1.807) is 7.05 Å². The summed E-state index contributed by atoms with van der Waals surface area (Å²) in [4.78, 5) is 12.7. The molecule has 0 aliphatic carbocycles. The molecule has 6 heteroatoms. The Morgan fingerprint density at radius 3 is 3.00 bits per heavy atom. The van der Waals surface area contributed by atoms with Crippen LogP contribution < -0.4 is 20.7 Å². The van der Waals surface area contributed by atoms with Crippen molar-refractivity contribution in [3.63, 3.8) is 0 Å². The lowest BCUT2D eigenvalue weighted by atomic mass is 10.1. The lowest BCUT2D eigenvalue weighted by molar-refractivity contribution is 0.174. The van der Waals surface area contributed by atoms with E-state index in [1.165, 1.54) is 4.90 Å². The SMILES string of the molecule is CN(CCc1ccc2c(c1)OCO2)C(=O)NN. The van der Waals surface area contributed by atoms with Crippen LogP contribution in [0.3, 0.4) is 0 Å². The summed E-state index contributed by atoms with van der Waals surface area (Å²) < 4.78 is 10.5. The monoisotopic (exact) mass is 237 g/mol. The van der Waals surface area contributed by atoms with Crippen molar-refractivity contribution < 1.29 is 14.3 Å². The lowest BCUT2D eigenvalue weighted by Gasteiger charge is -2.15. The Hall–Kier alpha value is -1.95. The standard InChI is InChI=1S/C11H15N3O3/c1-14(11(15)13-12)5-4-8-2-3-9-10(6-8)17-7-16-9/h2-3,6H,4-5,7,12H2,1H3,(H,13,15). The van der Waals surface area contributed by atoms with E-state index in [0.29, 0.717) is 6.54 Å². The second-order valence-corrected chi connectivity index (χ2v) is 3.81. The Bertz CT molecular complexity index is 422. The molecule has 1 aliphatic heterocycles. The summed E-state index contributed by atoms with van der Waals surface area (Å²) in [6.45, 7) is 0.858. The molecule has 2 rings (SSSR count). The van der Waals surface area contributed by atoms with Crippen molar-refractivity contribution in [2.75, 3.05) is 20.4 Å². The summed E-state index contributed by atoms with van der Waals surface area (Å²) in [5.41, 5.74) is 3.17. The van der Waals surface area contributed by atoms with Crippen molar-refractivity contribution in [3.8, 4) is 11.5 Å². The van der Waals surface area contributed by atoms with Gasteiger partial charge in [0.2, 0.25) is 6.79 Å². The van der Waals surface area contributed by atoms with Gasteiger partial charge in [-0.15, -0.1) is 0 Å². The number of fused-ring (bicyclic) bond motifs is 1. The van der Waals surface area contributed by atoms with Gasteiger partial charge in [0.05, 0.1) is 0 Å². The van der Waals surface area contributed by atoms with Gasteiger partial charge in [-0.1, -0.05) is 6.07 Å². The molecule has 6 nitrogen and oxygen atoms in total. The largest absolute Gasteiger partial charge is 0.454 e. The first kappa shape index (κ1) is 11.5. The third kappa shape index (κ3) is 2.59. The molecule has 0 fully saturated rings. The number of likely N-dealkylation sites (N-methyl/N-ethyl adjacent to an activating group) is 1. The molecule has 17 heavy (non-hydrogen) atoms. The predicted molar refractivity (Wildman–Crippen MR) is 61.6 cm³/mol. The summed E-state index contributed by atoms with van der Waals surface area (Å²) in [7, 11) is 1.69. The van der Waals surface area contributed by atoms with Crippen molar-refractivity contribution >= 4 is 6.03 Å². The summed E-state index contributed by atoms with van der Waals surface area (Å²) in [6, 6.07) is 5.46. The molecule has 0 aromatic heterocycles. The number of nitrogens with zero attached hydrogens (tertiary/aromatic N) is 1. The van der Waals surface area contributed by atoms with Crippen LogP contribution in [0.15, 0.2) is 18.2 Å². The molecule has 0 saturated carbocycles. The number of urea groups is 1. The highest BCUT2D eigenvalue weighted by Gasteiger charge is 2.13. The first-order valence-corrected chi connectivity index (χ1v) is 5.31. The fourth-order valence-electron chi connectivity index (χ4n) is 1.60. The van der Waals surface area contributed by atoms with Gasteiger partial charge in [-0.3, -0.25) is 5.43 Å². The van der Waals surface area contributed by atoms with Crippen LogP contribution in [0.25, 0.3) is 0 Å². The number of amides is 2. The number of carbonyl (C=O) groups is 1. The Morgan fingerprint density at radius 2 is 2.24 bits per heavy atom. The quantitative estimate of drug-likeness (QED) is 0.455. The van der Waals surface area contributed by atoms with Crippen LogP contribution in [0, 0.1) is 0 Å². The van der Waals surface area contributed by atoms with E-state index in [-0.39, 0.29) is 12.8 Å².